The zero-order valence-electron chi connectivity index (χ0n) is 29.8. The van der Waals surface area contributed by atoms with Crippen molar-refractivity contribution in [1.29, 1.82) is 0 Å². The molecule has 0 amide bonds. The van der Waals surface area contributed by atoms with Gasteiger partial charge in [-0.25, -0.2) is 0 Å². The smallest absolute Gasteiger partial charge is 0.0540 e. The summed E-state index contributed by atoms with van der Waals surface area (Å²) in [4.78, 5) is 2.44. The highest BCUT2D eigenvalue weighted by Gasteiger charge is 2.19. The minimum Gasteiger partial charge on any atom is -0.310 e. The lowest BCUT2D eigenvalue weighted by molar-refractivity contribution is 1.28. The minimum absolute atomic E-state index is 1.11. The number of thiophene rings is 2. The standard InChI is InChI=1S/C52H33NS2/c1-2-12-35-29-40(24-23-34(35)11-1)43-17-3-6-20-48(43)53(41-15-9-13-36(30-41)38-25-27-46-44-18-4-7-21-49(44)54-51(46)32-38)42-16-10-14-37(31-42)39-26-28-47-45-19-5-8-22-50(45)55-52(47)33-39/h1-33H. The molecule has 0 saturated heterocycles. The van der Waals surface area contributed by atoms with E-state index in [2.05, 4.69) is 205 Å². The normalized spacial score (nSPS) is 11.6. The fourth-order valence-corrected chi connectivity index (χ4v) is 10.4. The molecule has 0 radical (unpaired) electrons. The van der Waals surface area contributed by atoms with Crippen molar-refractivity contribution < 1.29 is 0 Å². The van der Waals surface area contributed by atoms with E-state index in [0.717, 1.165) is 17.1 Å². The molecule has 11 rings (SSSR count). The molecule has 258 valence electrons. The van der Waals surface area contributed by atoms with Gasteiger partial charge in [-0.3, -0.25) is 0 Å². The van der Waals surface area contributed by atoms with Gasteiger partial charge in [0.1, 0.15) is 0 Å². The van der Waals surface area contributed by atoms with Crippen molar-refractivity contribution in [2.45, 2.75) is 0 Å². The maximum absolute atomic E-state index is 2.44. The summed E-state index contributed by atoms with van der Waals surface area (Å²) >= 11 is 3.73. The van der Waals surface area contributed by atoms with E-state index in [1.165, 1.54) is 84.5 Å². The van der Waals surface area contributed by atoms with Crippen molar-refractivity contribution in [3.8, 4) is 33.4 Å². The highest BCUT2D eigenvalue weighted by molar-refractivity contribution is 7.26. The van der Waals surface area contributed by atoms with Crippen molar-refractivity contribution in [3.05, 3.63) is 200 Å². The molecule has 55 heavy (non-hydrogen) atoms. The molecule has 0 aliphatic carbocycles. The van der Waals surface area contributed by atoms with Gasteiger partial charge in [-0.1, -0.05) is 140 Å². The van der Waals surface area contributed by atoms with E-state index in [4.69, 9.17) is 0 Å². The molecule has 0 fully saturated rings. The first-order valence-corrected chi connectivity index (χ1v) is 20.3. The predicted octanol–water partition coefficient (Wildman–Crippen LogP) is 16.0. The predicted molar refractivity (Wildman–Crippen MR) is 241 cm³/mol. The molecule has 0 unspecified atom stereocenters. The van der Waals surface area contributed by atoms with Crippen LogP contribution in [-0.4, -0.2) is 0 Å². The van der Waals surface area contributed by atoms with E-state index >= 15 is 0 Å². The average Bonchev–Trinajstić information content (AvgIpc) is 3.82. The van der Waals surface area contributed by atoms with Crippen LogP contribution in [0.1, 0.15) is 0 Å². The van der Waals surface area contributed by atoms with Crippen LogP contribution in [0.5, 0.6) is 0 Å². The van der Waals surface area contributed by atoms with Gasteiger partial charge in [-0.15, -0.1) is 22.7 Å². The Bertz CT molecular complexity index is 3080. The summed E-state index contributed by atoms with van der Waals surface area (Å²) in [5.74, 6) is 0. The van der Waals surface area contributed by atoms with Crippen LogP contribution in [0.3, 0.4) is 0 Å². The van der Waals surface area contributed by atoms with Gasteiger partial charge in [0.25, 0.3) is 0 Å². The van der Waals surface area contributed by atoms with Crippen molar-refractivity contribution in [2.75, 3.05) is 4.90 Å². The van der Waals surface area contributed by atoms with Gasteiger partial charge in [-0.05, 0) is 99.3 Å². The number of hydrogen-bond acceptors (Lipinski definition) is 3. The monoisotopic (exact) mass is 735 g/mol. The Morgan fingerprint density at radius 1 is 0.291 bits per heavy atom. The highest BCUT2D eigenvalue weighted by Crippen LogP contribution is 2.44. The molecule has 0 bridgehead atoms. The molecule has 0 spiro atoms. The van der Waals surface area contributed by atoms with Crippen LogP contribution in [0.15, 0.2) is 200 Å². The Morgan fingerprint density at radius 2 is 0.782 bits per heavy atom. The van der Waals surface area contributed by atoms with Crippen LogP contribution in [-0.2, 0) is 0 Å². The topological polar surface area (TPSA) is 3.24 Å². The lowest BCUT2D eigenvalue weighted by Crippen LogP contribution is -2.11. The molecular weight excluding hydrogens is 703 g/mol. The molecule has 0 N–H and O–H groups in total. The van der Waals surface area contributed by atoms with Gasteiger partial charge < -0.3 is 4.90 Å². The SMILES string of the molecule is c1cc(-c2ccc3c(c2)sc2ccccc23)cc(N(c2cccc(-c3ccc4c(c3)sc3ccccc34)c2)c2ccccc2-c2ccc3ccccc3c2)c1. The van der Waals surface area contributed by atoms with Crippen LogP contribution in [0.25, 0.3) is 84.5 Å². The number of fused-ring (bicyclic) bond motifs is 7. The fourth-order valence-electron chi connectivity index (χ4n) is 8.16. The molecule has 2 heterocycles. The summed E-state index contributed by atoms with van der Waals surface area (Å²) in [6.07, 6.45) is 0. The molecule has 0 atom stereocenters. The van der Waals surface area contributed by atoms with Crippen molar-refractivity contribution >= 4 is 90.9 Å². The number of benzene rings is 9. The van der Waals surface area contributed by atoms with Gasteiger partial charge >= 0.3 is 0 Å². The number of nitrogens with zero attached hydrogens (tertiary/aromatic N) is 1. The second-order valence-corrected chi connectivity index (χ2v) is 16.3. The van der Waals surface area contributed by atoms with Gasteiger partial charge in [0.2, 0.25) is 0 Å². The second kappa shape index (κ2) is 13.1. The third-order valence-corrected chi connectivity index (χ3v) is 13.1. The van der Waals surface area contributed by atoms with Gasteiger partial charge in [0.15, 0.2) is 0 Å². The lowest BCUT2D eigenvalue weighted by Gasteiger charge is -2.29. The second-order valence-electron chi connectivity index (χ2n) is 14.1. The number of para-hydroxylation sites is 1. The van der Waals surface area contributed by atoms with Gasteiger partial charge in [0, 0.05) is 57.3 Å². The Labute approximate surface area is 327 Å². The maximum Gasteiger partial charge on any atom is 0.0540 e. The zero-order valence-corrected chi connectivity index (χ0v) is 31.4. The fraction of sp³-hybridized carbons (Fsp3) is 0. The first-order valence-electron chi connectivity index (χ1n) is 18.7. The number of anilines is 3. The summed E-state index contributed by atoms with van der Waals surface area (Å²) < 4.78 is 5.27. The summed E-state index contributed by atoms with van der Waals surface area (Å²) in [6.45, 7) is 0. The molecule has 0 aliphatic heterocycles. The van der Waals surface area contributed by atoms with Crippen molar-refractivity contribution in [1.82, 2.24) is 0 Å². The summed E-state index contributed by atoms with van der Waals surface area (Å²) in [7, 11) is 0. The molecule has 0 saturated carbocycles. The molecule has 11 aromatic rings. The Morgan fingerprint density at radius 3 is 1.42 bits per heavy atom. The van der Waals surface area contributed by atoms with E-state index in [-0.39, 0.29) is 0 Å². The zero-order chi connectivity index (χ0) is 36.3. The van der Waals surface area contributed by atoms with Gasteiger partial charge in [-0.2, -0.15) is 0 Å². The van der Waals surface area contributed by atoms with E-state index in [1.807, 2.05) is 22.7 Å². The molecule has 9 aromatic carbocycles. The van der Waals surface area contributed by atoms with Crippen molar-refractivity contribution in [2.24, 2.45) is 0 Å². The first kappa shape index (κ1) is 32.0. The van der Waals surface area contributed by atoms with Crippen LogP contribution in [0.2, 0.25) is 0 Å². The lowest BCUT2D eigenvalue weighted by atomic mass is 9.97. The van der Waals surface area contributed by atoms with E-state index in [1.54, 1.807) is 0 Å². The Kier molecular flexibility index (Phi) is 7.61. The summed E-state index contributed by atoms with van der Waals surface area (Å²) in [6, 6.07) is 73.6. The van der Waals surface area contributed by atoms with Crippen LogP contribution in [0.4, 0.5) is 17.1 Å². The van der Waals surface area contributed by atoms with Gasteiger partial charge in [0.05, 0.1) is 5.69 Å². The third kappa shape index (κ3) is 5.60. The Hall–Kier alpha value is -6.52. The maximum atomic E-state index is 2.44. The van der Waals surface area contributed by atoms with Crippen LogP contribution < -0.4 is 4.90 Å². The molecular formula is C52H33NS2. The average molecular weight is 736 g/mol. The number of rotatable bonds is 6. The minimum atomic E-state index is 1.11. The quantitative estimate of drug-likeness (QED) is 0.164. The largest absolute Gasteiger partial charge is 0.310 e. The van der Waals surface area contributed by atoms with E-state index in [9.17, 15) is 0 Å². The number of hydrogen-bond donors (Lipinski definition) is 0. The molecule has 1 nitrogen and oxygen atoms in total. The molecule has 3 heteroatoms. The third-order valence-electron chi connectivity index (χ3n) is 10.8. The highest BCUT2D eigenvalue weighted by atomic mass is 32.1. The Balaban J connectivity index is 1.08. The van der Waals surface area contributed by atoms with E-state index < -0.39 is 0 Å². The molecule has 0 aliphatic rings. The summed E-state index contributed by atoms with van der Waals surface area (Å²) in [5.41, 5.74) is 10.5. The van der Waals surface area contributed by atoms with Crippen LogP contribution in [0, 0.1) is 0 Å². The van der Waals surface area contributed by atoms with Crippen LogP contribution >= 0.6 is 22.7 Å². The van der Waals surface area contributed by atoms with Crippen molar-refractivity contribution in [3.63, 3.8) is 0 Å². The first-order chi connectivity index (χ1) is 27.2. The molecule has 2 aromatic heterocycles. The van der Waals surface area contributed by atoms with E-state index in [0.29, 0.717) is 0 Å². The summed E-state index contributed by atoms with van der Waals surface area (Å²) in [5, 5.41) is 7.76.